The summed E-state index contributed by atoms with van der Waals surface area (Å²) in [4.78, 5) is 4.37. The Labute approximate surface area is 135 Å². The average molecular weight is 336 g/mol. The molecule has 114 valence electrons. The number of hydrogen-bond donors (Lipinski definition) is 1. The van der Waals surface area contributed by atoms with Gasteiger partial charge in [-0.25, -0.2) is 9.37 Å². The van der Waals surface area contributed by atoms with Crippen LogP contribution in [0.15, 0.2) is 39.3 Å². The zero-order valence-corrected chi connectivity index (χ0v) is 13.4. The van der Waals surface area contributed by atoms with Crippen LogP contribution in [0.2, 0.25) is 0 Å². The third-order valence-electron chi connectivity index (χ3n) is 2.70. The first-order valence-corrected chi connectivity index (χ1v) is 8.45. The second-order valence-electron chi connectivity index (χ2n) is 4.35. The molecular weight excluding hydrogens is 323 g/mol. The van der Waals surface area contributed by atoms with E-state index in [0.29, 0.717) is 17.2 Å². The van der Waals surface area contributed by atoms with Crippen LogP contribution >= 0.6 is 23.1 Å². The van der Waals surface area contributed by atoms with Gasteiger partial charge in [0.2, 0.25) is 11.0 Å². The van der Waals surface area contributed by atoms with Crippen LogP contribution in [-0.4, -0.2) is 21.7 Å². The minimum Gasteiger partial charge on any atom is -0.444 e. The zero-order chi connectivity index (χ0) is 15.4. The number of halogens is 1. The molecule has 0 aliphatic heterocycles. The van der Waals surface area contributed by atoms with Gasteiger partial charge in [-0.3, -0.25) is 0 Å². The lowest BCUT2D eigenvalue weighted by Gasteiger charge is -1.94. The fourth-order valence-corrected chi connectivity index (χ4v) is 3.45. The fraction of sp³-hybridized carbons (Fsp3) is 0.214. The Balaban J connectivity index is 1.64. The largest absolute Gasteiger partial charge is 0.444 e. The van der Waals surface area contributed by atoms with E-state index in [1.807, 2.05) is 6.92 Å². The van der Waals surface area contributed by atoms with Gasteiger partial charge in [0, 0.05) is 17.9 Å². The molecule has 0 saturated carbocycles. The van der Waals surface area contributed by atoms with Crippen molar-refractivity contribution in [3.05, 3.63) is 42.0 Å². The second-order valence-corrected chi connectivity index (χ2v) is 6.55. The van der Waals surface area contributed by atoms with Crippen molar-refractivity contribution >= 4 is 28.2 Å². The number of nitrogens with zero attached hydrogens (tertiary/aromatic N) is 3. The van der Waals surface area contributed by atoms with E-state index in [9.17, 15) is 4.39 Å². The number of hydrogen-bond acceptors (Lipinski definition) is 7. The summed E-state index contributed by atoms with van der Waals surface area (Å²) < 4.78 is 19.5. The standard InChI is InChI=1S/C14H13FN4OS2/c1-2-16-13-18-19-14(22-13)21-8-11-7-20-12(17-11)9-4-3-5-10(15)6-9/h3-7H,2,8H2,1H3,(H,16,18). The number of oxazole rings is 1. The Morgan fingerprint density at radius 2 is 2.27 bits per heavy atom. The summed E-state index contributed by atoms with van der Waals surface area (Å²) in [5.41, 5.74) is 1.41. The smallest absolute Gasteiger partial charge is 0.226 e. The van der Waals surface area contributed by atoms with Gasteiger partial charge in [-0.1, -0.05) is 29.2 Å². The molecule has 3 aromatic rings. The molecule has 0 unspecified atom stereocenters. The minimum atomic E-state index is -0.309. The van der Waals surface area contributed by atoms with E-state index in [1.165, 1.54) is 23.5 Å². The van der Waals surface area contributed by atoms with E-state index in [0.717, 1.165) is 21.7 Å². The highest BCUT2D eigenvalue weighted by molar-refractivity contribution is 8.00. The molecule has 0 atom stereocenters. The van der Waals surface area contributed by atoms with Crippen molar-refractivity contribution < 1.29 is 8.81 Å². The number of aromatic nitrogens is 3. The summed E-state index contributed by atoms with van der Waals surface area (Å²) in [6.07, 6.45) is 1.58. The van der Waals surface area contributed by atoms with Crippen molar-refractivity contribution in [1.82, 2.24) is 15.2 Å². The van der Waals surface area contributed by atoms with Gasteiger partial charge in [-0.2, -0.15) is 0 Å². The van der Waals surface area contributed by atoms with Gasteiger partial charge in [0.1, 0.15) is 12.1 Å². The highest BCUT2D eigenvalue weighted by atomic mass is 32.2. The third-order valence-corrected chi connectivity index (χ3v) is 4.75. The highest BCUT2D eigenvalue weighted by Crippen LogP contribution is 2.29. The van der Waals surface area contributed by atoms with Gasteiger partial charge < -0.3 is 9.73 Å². The van der Waals surface area contributed by atoms with Crippen LogP contribution in [0.5, 0.6) is 0 Å². The number of anilines is 1. The van der Waals surface area contributed by atoms with Crippen molar-refractivity contribution in [3.8, 4) is 11.5 Å². The van der Waals surface area contributed by atoms with Crippen molar-refractivity contribution in [2.75, 3.05) is 11.9 Å². The molecule has 0 bridgehead atoms. The lowest BCUT2D eigenvalue weighted by molar-refractivity contribution is 0.571. The molecule has 2 aromatic heterocycles. The summed E-state index contributed by atoms with van der Waals surface area (Å²) in [7, 11) is 0. The van der Waals surface area contributed by atoms with E-state index < -0.39 is 0 Å². The van der Waals surface area contributed by atoms with E-state index in [-0.39, 0.29) is 5.82 Å². The first-order chi connectivity index (χ1) is 10.7. The summed E-state index contributed by atoms with van der Waals surface area (Å²) in [6.45, 7) is 2.83. The molecule has 3 rings (SSSR count). The molecule has 0 saturated heterocycles. The van der Waals surface area contributed by atoms with Gasteiger partial charge in [-0.05, 0) is 25.1 Å². The summed E-state index contributed by atoms with van der Waals surface area (Å²) in [5.74, 6) is 0.733. The number of nitrogens with one attached hydrogen (secondary N) is 1. The molecule has 0 radical (unpaired) electrons. The van der Waals surface area contributed by atoms with Gasteiger partial charge in [-0.15, -0.1) is 10.2 Å². The lowest BCUT2D eigenvalue weighted by Crippen LogP contribution is -1.94. The molecule has 5 nitrogen and oxygen atoms in total. The number of benzene rings is 1. The number of rotatable bonds is 6. The summed E-state index contributed by atoms with van der Waals surface area (Å²) in [5, 5.41) is 12.0. The van der Waals surface area contributed by atoms with Crippen molar-refractivity contribution in [3.63, 3.8) is 0 Å². The lowest BCUT2D eigenvalue weighted by atomic mass is 10.2. The first kappa shape index (κ1) is 15.0. The van der Waals surface area contributed by atoms with Crippen molar-refractivity contribution in [2.24, 2.45) is 0 Å². The Bertz CT molecular complexity index is 759. The maximum absolute atomic E-state index is 13.2. The van der Waals surface area contributed by atoms with Crippen molar-refractivity contribution in [2.45, 2.75) is 17.0 Å². The maximum atomic E-state index is 13.2. The zero-order valence-electron chi connectivity index (χ0n) is 11.7. The average Bonchev–Trinajstić information content (AvgIpc) is 3.15. The maximum Gasteiger partial charge on any atom is 0.226 e. The Morgan fingerprint density at radius 1 is 1.36 bits per heavy atom. The molecule has 0 aliphatic carbocycles. The predicted octanol–water partition coefficient (Wildman–Crippen LogP) is 4.06. The minimum absolute atomic E-state index is 0.309. The molecule has 0 spiro atoms. The molecule has 0 aliphatic rings. The fourth-order valence-electron chi connectivity index (χ4n) is 1.75. The molecule has 8 heteroatoms. The Kier molecular flexibility index (Phi) is 4.69. The Hall–Kier alpha value is -1.93. The van der Waals surface area contributed by atoms with Gasteiger partial charge in [0.05, 0.1) is 5.69 Å². The quantitative estimate of drug-likeness (QED) is 0.685. The first-order valence-electron chi connectivity index (χ1n) is 6.65. The van der Waals surface area contributed by atoms with E-state index in [1.54, 1.807) is 30.2 Å². The van der Waals surface area contributed by atoms with Gasteiger partial charge in [0.15, 0.2) is 4.34 Å². The third kappa shape index (κ3) is 3.63. The summed E-state index contributed by atoms with van der Waals surface area (Å²) >= 11 is 3.04. The van der Waals surface area contributed by atoms with Crippen LogP contribution in [0.25, 0.3) is 11.5 Å². The molecule has 1 N–H and O–H groups in total. The van der Waals surface area contributed by atoms with Crippen LogP contribution in [0.4, 0.5) is 9.52 Å². The highest BCUT2D eigenvalue weighted by Gasteiger charge is 2.10. The predicted molar refractivity (Wildman–Crippen MR) is 85.5 cm³/mol. The molecule has 2 heterocycles. The van der Waals surface area contributed by atoms with Crippen LogP contribution < -0.4 is 5.32 Å². The van der Waals surface area contributed by atoms with Crippen LogP contribution in [-0.2, 0) is 5.75 Å². The monoisotopic (exact) mass is 336 g/mol. The second kappa shape index (κ2) is 6.89. The molecule has 22 heavy (non-hydrogen) atoms. The van der Waals surface area contributed by atoms with Gasteiger partial charge in [0.25, 0.3) is 0 Å². The van der Waals surface area contributed by atoms with Crippen molar-refractivity contribution in [1.29, 1.82) is 0 Å². The van der Waals surface area contributed by atoms with E-state index in [4.69, 9.17) is 4.42 Å². The SMILES string of the molecule is CCNc1nnc(SCc2coc(-c3cccc(F)c3)n2)s1. The Morgan fingerprint density at radius 3 is 3.09 bits per heavy atom. The molecule has 1 aromatic carbocycles. The van der Waals surface area contributed by atoms with Crippen LogP contribution in [0, 0.1) is 5.82 Å². The van der Waals surface area contributed by atoms with Crippen LogP contribution in [0.3, 0.4) is 0 Å². The summed E-state index contributed by atoms with van der Waals surface area (Å²) in [6, 6.07) is 6.18. The van der Waals surface area contributed by atoms with Gasteiger partial charge >= 0.3 is 0 Å². The van der Waals surface area contributed by atoms with E-state index in [2.05, 4.69) is 20.5 Å². The van der Waals surface area contributed by atoms with E-state index >= 15 is 0 Å². The number of thioether (sulfide) groups is 1. The molecule has 0 amide bonds. The van der Waals surface area contributed by atoms with Crippen LogP contribution in [0.1, 0.15) is 12.6 Å². The normalized spacial score (nSPS) is 10.8. The topological polar surface area (TPSA) is 63.8 Å². The molecule has 0 fully saturated rings. The molecular formula is C14H13FN4OS2.